The Balaban J connectivity index is 1.66. The number of rotatable bonds is 10. The van der Waals surface area contributed by atoms with E-state index in [0.29, 0.717) is 6.42 Å². The number of aryl methyl sites for hydroxylation is 2. The van der Waals surface area contributed by atoms with Crippen LogP contribution in [0.3, 0.4) is 0 Å². The maximum atomic E-state index is 10.2. The number of aliphatic hydroxyl groups excluding tert-OH is 1. The summed E-state index contributed by atoms with van der Waals surface area (Å²) in [5, 5.41) is 10.2. The maximum absolute atomic E-state index is 10.2. The van der Waals surface area contributed by atoms with Gasteiger partial charge in [0.15, 0.2) is 0 Å². The van der Waals surface area contributed by atoms with Gasteiger partial charge in [-0.2, -0.15) is 0 Å². The summed E-state index contributed by atoms with van der Waals surface area (Å²) < 4.78 is 10.1. The molecular weight excluding hydrogens is 300 g/mol. The Morgan fingerprint density at radius 3 is 2.33 bits per heavy atom. The van der Waals surface area contributed by atoms with Crippen molar-refractivity contribution in [2.75, 3.05) is 0 Å². The molecule has 2 heterocycles. The Hall–Kier alpha value is -2.00. The van der Waals surface area contributed by atoms with Crippen LogP contribution in [0.25, 0.3) is 0 Å². The molecule has 130 valence electrons. The molecule has 0 saturated carbocycles. The first-order valence-corrected chi connectivity index (χ1v) is 8.66. The zero-order valence-corrected chi connectivity index (χ0v) is 14.7. The Bertz CT molecular complexity index is 618. The standard InChI is InChI=1S/C21H28O3/c1-17(5-3-7-19-9-11-23-15-19)13-21(22)14-18(2)6-4-8-20-10-12-24-16-20/h5,9-12,14-16,21-22H,3-4,6-8,13H2,1-2H3/b17-5+,18-14+/t21-/m0/s1. The predicted octanol–water partition coefficient (Wildman–Crippen LogP) is 5.47. The van der Waals surface area contributed by atoms with Crippen molar-refractivity contribution >= 4 is 0 Å². The van der Waals surface area contributed by atoms with Crippen LogP contribution in [0.15, 0.2) is 69.3 Å². The van der Waals surface area contributed by atoms with Crippen LogP contribution < -0.4 is 0 Å². The van der Waals surface area contributed by atoms with Crippen molar-refractivity contribution in [2.24, 2.45) is 0 Å². The van der Waals surface area contributed by atoms with Crippen molar-refractivity contribution < 1.29 is 13.9 Å². The highest BCUT2D eigenvalue weighted by molar-refractivity contribution is 5.11. The summed E-state index contributed by atoms with van der Waals surface area (Å²) >= 11 is 0. The number of aliphatic hydroxyl groups is 1. The van der Waals surface area contributed by atoms with E-state index in [1.807, 2.05) is 18.2 Å². The zero-order chi connectivity index (χ0) is 17.2. The third-order valence-corrected chi connectivity index (χ3v) is 4.13. The van der Waals surface area contributed by atoms with Crippen LogP contribution in [0, 0.1) is 0 Å². The third-order valence-electron chi connectivity index (χ3n) is 4.13. The first-order valence-electron chi connectivity index (χ1n) is 8.66. The van der Waals surface area contributed by atoms with Crippen molar-refractivity contribution in [2.45, 2.75) is 58.5 Å². The van der Waals surface area contributed by atoms with Gasteiger partial charge in [-0.1, -0.05) is 23.3 Å². The zero-order valence-electron chi connectivity index (χ0n) is 14.7. The minimum atomic E-state index is -0.399. The lowest BCUT2D eigenvalue weighted by molar-refractivity contribution is 0.222. The number of furan rings is 2. The van der Waals surface area contributed by atoms with Crippen molar-refractivity contribution in [3.05, 3.63) is 71.6 Å². The molecule has 1 N–H and O–H groups in total. The fourth-order valence-electron chi connectivity index (χ4n) is 2.81. The van der Waals surface area contributed by atoms with Crippen molar-refractivity contribution in [3.8, 4) is 0 Å². The second kappa shape index (κ2) is 9.99. The molecule has 2 aromatic heterocycles. The van der Waals surface area contributed by atoms with Gasteiger partial charge in [-0.25, -0.2) is 0 Å². The lowest BCUT2D eigenvalue weighted by Gasteiger charge is -2.09. The highest BCUT2D eigenvalue weighted by atomic mass is 16.3. The first-order chi connectivity index (χ1) is 11.6. The van der Waals surface area contributed by atoms with Gasteiger partial charge in [-0.3, -0.25) is 0 Å². The Morgan fingerprint density at radius 2 is 1.71 bits per heavy atom. The summed E-state index contributed by atoms with van der Waals surface area (Å²) in [7, 11) is 0. The Labute approximate surface area is 144 Å². The summed E-state index contributed by atoms with van der Waals surface area (Å²) in [5.74, 6) is 0. The Kier molecular flexibility index (Phi) is 7.63. The molecule has 0 radical (unpaired) electrons. The molecule has 0 bridgehead atoms. The fraction of sp³-hybridized carbons (Fsp3) is 0.429. The molecule has 2 rings (SSSR count). The summed E-state index contributed by atoms with van der Waals surface area (Å²) in [6.45, 7) is 4.18. The molecule has 1 atom stereocenters. The molecule has 0 aliphatic rings. The van der Waals surface area contributed by atoms with E-state index in [2.05, 4.69) is 19.9 Å². The van der Waals surface area contributed by atoms with Gasteiger partial charge in [0.2, 0.25) is 0 Å². The molecule has 2 aromatic rings. The van der Waals surface area contributed by atoms with Gasteiger partial charge in [0.1, 0.15) is 0 Å². The van der Waals surface area contributed by atoms with Crippen LogP contribution in [0.1, 0.15) is 50.7 Å². The third kappa shape index (κ3) is 7.05. The summed E-state index contributed by atoms with van der Waals surface area (Å²) in [6, 6.07) is 4.00. The van der Waals surface area contributed by atoms with Crippen LogP contribution >= 0.6 is 0 Å². The Morgan fingerprint density at radius 1 is 1.04 bits per heavy atom. The molecule has 3 nitrogen and oxygen atoms in total. The van der Waals surface area contributed by atoms with Gasteiger partial charge in [0, 0.05) is 0 Å². The lowest BCUT2D eigenvalue weighted by Crippen LogP contribution is -2.04. The number of hydrogen-bond acceptors (Lipinski definition) is 3. The van der Waals surface area contributed by atoms with Crippen LogP contribution in [0.4, 0.5) is 0 Å². The highest BCUT2D eigenvalue weighted by Crippen LogP contribution is 2.14. The predicted molar refractivity (Wildman–Crippen MR) is 96.8 cm³/mol. The SMILES string of the molecule is C/C(=C\[C@@H](O)C/C(C)=C/CCc1ccoc1)CCCc1ccoc1. The first kappa shape index (κ1) is 18.3. The average molecular weight is 328 g/mol. The monoisotopic (exact) mass is 328 g/mol. The molecular formula is C21H28O3. The second-order valence-corrected chi connectivity index (χ2v) is 6.49. The van der Waals surface area contributed by atoms with Gasteiger partial charge >= 0.3 is 0 Å². The normalized spacial score (nSPS) is 14.1. The molecule has 0 unspecified atom stereocenters. The van der Waals surface area contributed by atoms with E-state index in [1.54, 1.807) is 25.1 Å². The van der Waals surface area contributed by atoms with E-state index in [-0.39, 0.29) is 0 Å². The van der Waals surface area contributed by atoms with E-state index < -0.39 is 6.10 Å². The highest BCUT2D eigenvalue weighted by Gasteiger charge is 2.03. The quantitative estimate of drug-likeness (QED) is 0.588. The second-order valence-electron chi connectivity index (χ2n) is 6.49. The molecule has 0 aliphatic heterocycles. The smallest absolute Gasteiger partial charge is 0.0934 e. The number of hydrogen-bond donors (Lipinski definition) is 1. The van der Waals surface area contributed by atoms with Gasteiger partial charge in [-0.05, 0) is 75.6 Å². The maximum Gasteiger partial charge on any atom is 0.0934 e. The molecule has 0 amide bonds. The topological polar surface area (TPSA) is 46.5 Å². The van der Waals surface area contributed by atoms with Gasteiger partial charge in [0.05, 0.1) is 31.2 Å². The summed E-state index contributed by atoms with van der Waals surface area (Å²) in [6.07, 6.45) is 16.6. The molecule has 0 aliphatic carbocycles. The van der Waals surface area contributed by atoms with Crippen molar-refractivity contribution in [3.63, 3.8) is 0 Å². The van der Waals surface area contributed by atoms with Crippen LogP contribution in [-0.2, 0) is 12.8 Å². The molecule has 0 fully saturated rings. The van der Waals surface area contributed by atoms with Crippen LogP contribution in [0.5, 0.6) is 0 Å². The molecule has 3 heteroatoms. The number of allylic oxidation sites excluding steroid dienone is 2. The van der Waals surface area contributed by atoms with E-state index in [1.165, 1.54) is 22.3 Å². The minimum absolute atomic E-state index is 0.399. The van der Waals surface area contributed by atoms with Crippen LogP contribution in [0.2, 0.25) is 0 Å². The molecule has 0 spiro atoms. The molecule has 0 aromatic carbocycles. The van der Waals surface area contributed by atoms with Crippen molar-refractivity contribution in [1.29, 1.82) is 0 Å². The van der Waals surface area contributed by atoms with Gasteiger partial charge in [0.25, 0.3) is 0 Å². The summed E-state index contributed by atoms with van der Waals surface area (Å²) in [5.41, 5.74) is 4.93. The molecule has 0 saturated heterocycles. The largest absolute Gasteiger partial charge is 0.472 e. The van der Waals surface area contributed by atoms with Crippen LogP contribution in [-0.4, -0.2) is 11.2 Å². The van der Waals surface area contributed by atoms with E-state index in [0.717, 1.165) is 32.1 Å². The molecule has 24 heavy (non-hydrogen) atoms. The van der Waals surface area contributed by atoms with E-state index in [4.69, 9.17) is 8.83 Å². The van der Waals surface area contributed by atoms with E-state index in [9.17, 15) is 5.11 Å². The fourth-order valence-corrected chi connectivity index (χ4v) is 2.81. The minimum Gasteiger partial charge on any atom is -0.472 e. The van der Waals surface area contributed by atoms with E-state index >= 15 is 0 Å². The van der Waals surface area contributed by atoms with Gasteiger partial charge < -0.3 is 13.9 Å². The average Bonchev–Trinajstić information content (AvgIpc) is 3.20. The lowest BCUT2D eigenvalue weighted by atomic mass is 10.0. The summed E-state index contributed by atoms with van der Waals surface area (Å²) in [4.78, 5) is 0. The van der Waals surface area contributed by atoms with Crippen molar-refractivity contribution in [1.82, 2.24) is 0 Å². The van der Waals surface area contributed by atoms with Gasteiger partial charge in [-0.15, -0.1) is 0 Å².